The molecule has 0 bridgehead atoms. The Kier molecular flexibility index (Phi) is 3.56. The number of hydrogen-bond acceptors (Lipinski definition) is 6. The predicted molar refractivity (Wildman–Crippen MR) is 64.8 cm³/mol. The molecule has 1 N–H and O–H groups in total. The lowest BCUT2D eigenvalue weighted by atomic mass is 10.3. The van der Waals surface area contributed by atoms with Crippen molar-refractivity contribution in [3.8, 4) is 0 Å². The lowest BCUT2D eigenvalue weighted by Crippen LogP contribution is -2.16. The Morgan fingerprint density at radius 3 is 2.68 bits per heavy atom. The molecule has 7 heteroatoms. The normalized spacial score (nSPS) is 10.0. The van der Waals surface area contributed by atoms with E-state index >= 15 is 0 Å². The summed E-state index contributed by atoms with van der Waals surface area (Å²) in [4.78, 5) is 27.1. The first kappa shape index (κ1) is 12.7. The number of nitrogens with one attached hydrogen (secondary N) is 1. The van der Waals surface area contributed by atoms with Crippen LogP contribution in [0.1, 0.15) is 26.7 Å². The fourth-order valence-electron chi connectivity index (χ4n) is 1.39. The summed E-state index contributed by atoms with van der Waals surface area (Å²) in [5, 5.41) is 6.13. The third-order valence-corrected chi connectivity index (χ3v) is 2.25. The number of methoxy groups -OCH3 is 1. The molecule has 0 spiro atoms. The van der Waals surface area contributed by atoms with Gasteiger partial charge in [-0.2, -0.15) is 0 Å². The van der Waals surface area contributed by atoms with E-state index in [9.17, 15) is 9.59 Å². The highest BCUT2D eigenvalue weighted by Crippen LogP contribution is 2.09. The van der Waals surface area contributed by atoms with Gasteiger partial charge in [0, 0.05) is 6.07 Å². The molecule has 2 aromatic heterocycles. The Labute approximate surface area is 108 Å². The van der Waals surface area contributed by atoms with Crippen LogP contribution in [0.2, 0.25) is 0 Å². The number of anilines is 1. The van der Waals surface area contributed by atoms with Gasteiger partial charge in [-0.25, -0.2) is 9.78 Å². The zero-order valence-corrected chi connectivity index (χ0v) is 10.3. The van der Waals surface area contributed by atoms with Gasteiger partial charge in [-0.1, -0.05) is 11.2 Å². The average Bonchev–Trinajstić information content (AvgIpc) is 2.83. The molecule has 2 aromatic rings. The van der Waals surface area contributed by atoms with Gasteiger partial charge in [0.2, 0.25) is 0 Å². The number of nitrogens with zero attached hydrogens (tertiary/aromatic N) is 2. The first-order valence-electron chi connectivity index (χ1n) is 5.40. The molecule has 0 aliphatic heterocycles. The van der Waals surface area contributed by atoms with E-state index in [2.05, 4.69) is 20.2 Å². The van der Waals surface area contributed by atoms with Crippen molar-refractivity contribution < 1.29 is 18.8 Å². The number of ether oxygens (including phenoxy) is 1. The van der Waals surface area contributed by atoms with Crippen molar-refractivity contribution in [2.24, 2.45) is 0 Å². The largest absolute Gasteiger partial charge is 0.464 e. The van der Waals surface area contributed by atoms with Crippen LogP contribution in [-0.4, -0.2) is 29.1 Å². The van der Waals surface area contributed by atoms with E-state index in [4.69, 9.17) is 4.52 Å². The van der Waals surface area contributed by atoms with Crippen molar-refractivity contribution in [3.05, 3.63) is 41.4 Å². The van der Waals surface area contributed by atoms with E-state index in [1.807, 2.05) is 0 Å². The summed E-state index contributed by atoms with van der Waals surface area (Å²) in [5.41, 5.74) is 0.148. The Morgan fingerprint density at radius 1 is 1.32 bits per heavy atom. The average molecular weight is 261 g/mol. The Balaban J connectivity index is 2.17. The molecule has 0 saturated carbocycles. The van der Waals surface area contributed by atoms with Gasteiger partial charge in [0.05, 0.1) is 7.11 Å². The number of aryl methyl sites for hydroxylation is 1. The molecule has 0 saturated heterocycles. The summed E-state index contributed by atoms with van der Waals surface area (Å²) in [5.74, 6) is -0.231. The van der Waals surface area contributed by atoms with E-state index in [1.165, 1.54) is 19.2 Å². The molecular weight excluding hydrogens is 250 g/mol. The van der Waals surface area contributed by atoms with Gasteiger partial charge in [0.15, 0.2) is 5.82 Å². The molecule has 0 unspecified atom stereocenters. The van der Waals surface area contributed by atoms with Crippen LogP contribution < -0.4 is 5.32 Å². The van der Waals surface area contributed by atoms with Crippen molar-refractivity contribution in [3.63, 3.8) is 0 Å². The minimum atomic E-state index is -0.605. The second kappa shape index (κ2) is 5.30. The maximum absolute atomic E-state index is 11.9. The van der Waals surface area contributed by atoms with Crippen LogP contribution in [0.4, 0.5) is 5.82 Å². The van der Waals surface area contributed by atoms with Crippen LogP contribution in [0, 0.1) is 6.92 Å². The van der Waals surface area contributed by atoms with Crippen LogP contribution >= 0.6 is 0 Å². The van der Waals surface area contributed by atoms with Gasteiger partial charge in [0.1, 0.15) is 17.1 Å². The number of carbonyl (C=O) groups is 2. The second-order valence-electron chi connectivity index (χ2n) is 3.68. The van der Waals surface area contributed by atoms with Crippen molar-refractivity contribution in [1.82, 2.24) is 10.1 Å². The fraction of sp³-hybridized carbons (Fsp3) is 0.167. The van der Waals surface area contributed by atoms with Crippen LogP contribution in [-0.2, 0) is 4.74 Å². The molecule has 98 valence electrons. The van der Waals surface area contributed by atoms with Crippen LogP contribution in [0.25, 0.3) is 0 Å². The lowest BCUT2D eigenvalue weighted by Gasteiger charge is -2.02. The highest BCUT2D eigenvalue weighted by atomic mass is 16.5. The summed E-state index contributed by atoms with van der Waals surface area (Å²) >= 11 is 0. The van der Waals surface area contributed by atoms with Crippen LogP contribution in [0.3, 0.4) is 0 Å². The number of pyridine rings is 1. The lowest BCUT2D eigenvalue weighted by molar-refractivity contribution is 0.0594. The first-order valence-corrected chi connectivity index (χ1v) is 5.40. The van der Waals surface area contributed by atoms with Gasteiger partial charge in [-0.15, -0.1) is 0 Å². The van der Waals surface area contributed by atoms with Crippen molar-refractivity contribution >= 4 is 17.7 Å². The summed E-state index contributed by atoms with van der Waals surface area (Å²) in [6.45, 7) is 1.71. The molecular formula is C12H11N3O4. The SMILES string of the molecule is COC(=O)c1cccc(C(=O)Nc2cc(C)on2)n1. The molecule has 0 aliphatic rings. The molecule has 0 radical (unpaired) electrons. The Hall–Kier alpha value is -2.70. The third kappa shape index (κ3) is 2.95. The Morgan fingerprint density at radius 2 is 2.05 bits per heavy atom. The molecule has 7 nitrogen and oxygen atoms in total. The van der Waals surface area contributed by atoms with E-state index in [0.717, 1.165) is 0 Å². The van der Waals surface area contributed by atoms with Crippen molar-refractivity contribution in [2.45, 2.75) is 6.92 Å². The highest BCUT2D eigenvalue weighted by molar-refractivity contribution is 6.03. The fourth-order valence-corrected chi connectivity index (χ4v) is 1.39. The first-order chi connectivity index (χ1) is 9.10. The van der Waals surface area contributed by atoms with Gasteiger partial charge < -0.3 is 14.6 Å². The van der Waals surface area contributed by atoms with Crippen LogP contribution in [0.5, 0.6) is 0 Å². The smallest absolute Gasteiger partial charge is 0.356 e. The zero-order chi connectivity index (χ0) is 13.8. The van der Waals surface area contributed by atoms with Crippen LogP contribution in [0.15, 0.2) is 28.8 Å². The number of amides is 1. The molecule has 0 fully saturated rings. The molecule has 0 atom stereocenters. The minimum absolute atomic E-state index is 0.0616. The van der Waals surface area contributed by atoms with Crippen molar-refractivity contribution in [1.29, 1.82) is 0 Å². The zero-order valence-electron chi connectivity index (χ0n) is 10.3. The van der Waals surface area contributed by atoms with E-state index in [0.29, 0.717) is 5.76 Å². The number of hydrogen-bond donors (Lipinski definition) is 1. The standard InChI is InChI=1S/C12H11N3O4/c1-7-6-10(15-19-7)14-11(16)8-4-3-5-9(13-8)12(17)18-2/h3-6H,1-2H3,(H,14,15,16). The summed E-state index contributed by atoms with van der Waals surface area (Å²) < 4.78 is 9.35. The van der Waals surface area contributed by atoms with Gasteiger partial charge >= 0.3 is 5.97 Å². The van der Waals surface area contributed by atoms with Gasteiger partial charge in [-0.3, -0.25) is 4.79 Å². The molecule has 2 heterocycles. The number of aromatic nitrogens is 2. The highest BCUT2D eigenvalue weighted by Gasteiger charge is 2.13. The molecule has 0 aliphatic carbocycles. The molecule has 1 amide bonds. The maximum Gasteiger partial charge on any atom is 0.356 e. The van der Waals surface area contributed by atoms with Gasteiger partial charge in [-0.05, 0) is 19.1 Å². The monoisotopic (exact) mass is 261 g/mol. The second-order valence-corrected chi connectivity index (χ2v) is 3.68. The molecule has 2 rings (SSSR count). The summed E-state index contributed by atoms with van der Waals surface area (Å²) in [6.07, 6.45) is 0. The predicted octanol–water partition coefficient (Wildman–Crippen LogP) is 1.42. The van der Waals surface area contributed by atoms with Gasteiger partial charge in [0.25, 0.3) is 5.91 Å². The summed E-state index contributed by atoms with van der Waals surface area (Å²) in [6, 6.07) is 6.06. The quantitative estimate of drug-likeness (QED) is 0.839. The number of rotatable bonds is 3. The third-order valence-electron chi connectivity index (χ3n) is 2.25. The van der Waals surface area contributed by atoms with E-state index in [-0.39, 0.29) is 17.2 Å². The number of esters is 1. The molecule has 19 heavy (non-hydrogen) atoms. The topological polar surface area (TPSA) is 94.3 Å². The maximum atomic E-state index is 11.9. The van der Waals surface area contributed by atoms with E-state index in [1.54, 1.807) is 19.1 Å². The van der Waals surface area contributed by atoms with Crippen molar-refractivity contribution in [2.75, 3.05) is 12.4 Å². The number of carbonyl (C=O) groups excluding carboxylic acids is 2. The van der Waals surface area contributed by atoms with E-state index < -0.39 is 11.9 Å². The molecule has 0 aromatic carbocycles. The summed E-state index contributed by atoms with van der Waals surface area (Å²) in [7, 11) is 1.24. The minimum Gasteiger partial charge on any atom is -0.464 e. The Bertz CT molecular complexity index is 621.